The van der Waals surface area contributed by atoms with E-state index in [2.05, 4.69) is 27.7 Å². The maximum Gasteiger partial charge on any atom is -0.0318 e. The van der Waals surface area contributed by atoms with Gasteiger partial charge in [-0.3, -0.25) is 0 Å². The molecule has 0 rings (SSSR count). The minimum Gasteiger partial charge on any atom is -0.0772 e. The molecule has 0 aliphatic rings. The standard InChI is InChI=1S/C25H50/c1-5-7-8-9-10-11-12-13-14-15-16-17-18-19-20-21-23-25(22-6-2)24(3)4/h5-23H2,1-4H3. The van der Waals surface area contributed by atoms with E-state index in [1.165, 1.54) is 122 Å². The zero-order valence-corrected chi connectivity index (χ0v) is 18.4. The second kappa shape index (κ2) is 20.1. The van der Waals surface area contributed by atoms with Crippen LogP contribution in [0.3, 0.4) is 0 Å². The van der Waals surface area contributed by atoms with Crippen molar-refractivity contribution < 1.29 is 0 Å². The highest BCUT2D eigenvalue weighted by molar-refractivity contribution is 5.09. The van der Waals surface area contributed by atoms with E-state index in [1.807, 2.05) is 0 Å². The summed E-state index contributed by atoms with van der Waals surface area (Å²) >= 11 is 0. The van der Waals surface area contributed by atoms with Crippen LogP contribution in [0.2, 0.25) is 0 Å². The largest absolute Gasteiger partial charge is 0.0772 e. The summed E-state index contributed by atoms with van der Waals surface area (Å²) in [7, 11) is 0. The Hall–Kier alpha value is -0.260. The number of hydrogen-bond donors (Lipinski definition) is 0. The van der Waals surface area contributed by atoms with E-state index in [-0.39, 0.29) is 0 Å². The Morgan fingerprint density at radius 2 is 0.760 bits per heavy atom. The van der Waals surface area contributed by atoms with Gasteiger partial charge in [0, 0.05) is 0 Å². The Bertz CT molecular complexity index is 282. The Morgan fingerprint density at radius 1 is 0.400 bits per heavy atom. The molecule has 0 atom stereocenters. The normalized spacial score (nSPS) is 11.0. The first kappa shape index (κ1) is 24.7. The molecule has 0 radical (unpaired) electrons. The van der Waals surface area contributed by atoms with Gasteiger partial charge < -0.3 is 0 Å². The van der Waals surface area contributed by atoms with E-state index in [4.69, 9.17) is 0 Å². The molecular formula is C25H50. The fourth-order valence-electron chi connectivity index (χ4n) is 3.81. The third-order valence-corrected chi connectivity index (χ3v) is 5.59. The zero-order valence-electron chi connectivity index (χ0n) is 18.4. The van der Waals surface area contributed by atoms with Crippen molar-refractivity contribution in [2.45, 2.75) is 150 Å². The second-order valence-corrected chi connectivity index (χ2v) is 8.41. The lowest BCUT2D eigenvalue weighted by molar-refractivity contribution is 0.529. The van der Waals surface area contributed by atoms with Crippen molar-refractivity contribution in [1.82, 2.24) is 0 Å². The smallest absolute Gasteiger partial charge is 0.0318 e. The molecule has 0 amide bonds. The van der Waals surface area contributed by atoms with Crippen LogP contribution in [-0.2, 0) is 0 Å². The van der Waals surface area contributed by atoms with Crippen LogP contribution >= 0.6 is 0 Å². The van der Waals surface area contributed by atoms with E-state index in [0.717, 1.165) is 0 Å². The average Bonchev–Trinajstić information content (AvgIpc) is 2.60. The number of allylic oxidation sites excluding steroid dienone is 2. The van der Waals surface area contributed by atoms with Gasteiger partial charge in [-0.1, -0.05) is 128 Å². The van der Waals surface area contributed by atoms with Crippen LogP contribution in [0.5, 0.6) is 0 Å². The van der Waals surface area contributed by atoms with Gasteiger partial charge in [0.05, 0.1) is 0 Å². The minimum absolute atomic E-state index is 1.30. The van der Waals surface area contributed by atoms with E-state index in [1.54, 1.807) is 11.1 Å². The molecule has 0 aromatic rings. The molecule has 0 saturated carbocycles. The minimum atomic E-state index is 1.30. The van der Waals surface area contributed by atoms with Gasteiger partial charge in [0.15, 0.2) is 0 Å². The number of rotatable bonds is 19. The summed E-state index contributed by atoms with van der Waals surface area (Å²) in [6.07, 6.45) is 27.4. The highest BCUT2D eigenvalue weighted by atomic mass is 14.1. The highest BCUT2D eigenvalue weighted by Crippen LogP contribution is 2.19. The molecule has 0 nitrogen and oxygen atoms in total. The first-order valence-corrected chi connectivity index (χ1v) is 11.9. The maximum atomic E-state index is 2.30. The second-order valence-electron chi connectivity index (χ2n) is 8.41. The van der Waals surface area contributed by atoms with Gasteiger partial charge in [0.1, 0.15) is 0 Å². The molecule has 0 fully saturated rings. The third kappa shape index (κ3) is 18.3. The molecular weight excluding hydrogens is 300 g/mol. The Kier molecular flexibility index (Phi) is 19.8. The van der Waals surface area contributed by atoms with Crippen molar-refractivity contribution in [2.75, 3.05) is 0 Å². The van der Waals surface area contributed by atoms with Gasteiger partial charge in [-0.15, -0.1) is 0 Å². The van der Waals surface area contributed by atoms with Crippen LogP contribution < -0.4 is 0 Å². The molecule has 0 bridgehead atoms. The van der Waals surface area contributed by atoms with Crippen LogP contribution in [0.4, 0.5) is 0 Å². The van der Waals surface area contributed by atoms with Crippen LogP contribution in [0.1, 0.15) is 150 Å². The van der Waals surface area contributed by atoms with Crippen molar-refractivity contribution in [3.8, 4) is 0 Å². The van der Waals surface area contributed by atoms with E-state index in [0.29, 0.717) is 0 Å². The molecule has 0 heterocycles. The molecule has 150 valence electrons. The van der Waals surface area contributed by atoms with Gasteiger partial charge in [-0.05, 0) is 33.1 Å². The molecule has 0 unspecified atom stereocenters. The fourth-order valence-corrected chi connectivity index (χ4v) is 3.81. The van der Waals surface area contributed by atoms with Gasteiger partial charge in [0.25, 0.3) is 0 Å². The molecule has 0 aliphatic carbocycles. The summed E-state index contributed by atoms with van der Waals surface area (Å²) in [6.45, 7) is 9.18. The Labute approximate surface area is 161 Å². The SMILES string of the molecule is CCCCCCCCCCCCCCCCCCC(CCC)=C(C)C. The molecule has 0 aliphatic heterocycles. The summed E-state index contributed by atoms with van der Waals surface area (Å²) < 4.78 is 0. The molecule has 0 spiro atoms. The van der Waals surface area contributed by atoms with E-state index >= 15 is 0 Å². The van der Waals surface area contributed by atoms with Gasteiger partial charge in [0.2, 0.25) is 0 Å². The van der Waals surface area contributed by atoms with Crippen molar-refractivity contribution >= 4 is 0 Å². The van der Waals surface area contributed by atoms with Crippen molar-refractivity contribution in [1.29, 1.82) is 0 Å². The summed E-state index contributed by atoms with van der Waals surface area (Å²) in [5, 5.41) is 0. The lowest BCUT2D eigenvalue weighted by Gasteiger charge is -2.09. The summed E-state index contributed by atoms with van der Waals surface area (Å²) in [5.74, 6) is 0. The summed E-state index contributed by atoms with van der Waals surface area (Å²) in [4.78, 5) is 0. The molecule has 0 aromatic carbocycles. The molecule has 0 aromatic heterocycles. The quantitative estimate of drug-likeness (QED) is 0.160. The highest BCUT2D eigenvalue weighted by Gasteiger charge is 1.99. The van der Waals surface area contributed by atoms with Gasteiger partial charge in [-0.2, -0.15) is 0 Å². The molecule has 0 heteroatoms. The Morgan fingerprint density at radius 3 is 1.08 bits per heavy atom. The van der Waals surface area contributed by atoms with Crippen molar-refractivity contribution in [2.24, 2.45) is 0 Å². The Balaban J connectivity index is 3.20. The third-order valence-electron chi connectivity index (χ3n) is 5.59. The van der Waals surface area contributed by atoms with Crippen molar-refractivity contribution in [3.05, 3.63) is 11.1 Å². The first-order chi connectivity index (χ1) is 12.2. The van der Waals surface area contributed by atoms with Gasteiger partial charge >= 0.3 is 0 Å². The molecule has 0 N–H and O–H groups in total. The van der Waals surface area contributed by atoms with E-state index in [9.17, 15) is 0 Å². The summed E-state index contributed by atoms with van der Waals surface area (Å²) in [6, 6.07) is 0. The monoisotopic (exact) mass is 350 g/mol. The van der Waals surface area contributed by atoms with Crippen LogP contribution in [-0.4, -0.2) is 0 Å². The number of hydrogen-bond acceptors (Lipinski definition) is 0. The molecule has 25 heavy (non-hydrogen) atoms. The lowest BCUT2D eigenvalue weighted by Crippen LogP contribution is -1.88. The fraction of sp³-hybridized carbons (Fsp3) is 0.920. The van der Waals surface area contributed by atoms with Crippen LogP contribution in [0.15, 0.2) is 11.1 Å². The molecule has 0 saturated heterocycles. The average molecular weight is 351 g/mol. The topological polar surface area (TPSA) is 0 Å². The number of unbranched alkanes of at least 4 members (excludes halogenated alkanes) is 15. The zero-order chi connectivity index (χ0) is 18.6. The first-order valence-electron chi connectivity index (χ1n) is 11.9. The van der Waals surface area contributed by atoms with E-state index < -0.39 is 0 Å². The van der Waals surface area contributed by atoms with Crippen LogP contribution in [0.25, 0.3) is 0 Å². The lowest BCUT2D eigenvalue weighted by atomic mass is 9.98. The maximum absolute atomic E-state index is 2.30. The van der Waals surface area contributed by atoms with Gasteiger partial charge in [-0.25, -0.2) is 0 Å². The summed E-state index contributed by atoms with van der Waals surface area (Å²) in [5.41, 5.74) is 3.30. The van der Waals surface area contributed by atoms with Crippen LogP contribution in [0, 0.1) is 0 Å². The van der Waals surface area contributed by atoms with Crippen molar-refractivity contribution in [3.63, 3.8) is 0 Å². The predicted molar refractivity (Wildman–Crippen MR) is 117 cm³/mol. The predicted octanol–water partition coefficient (Wildman–Crippen LogP) is 9.77.